The summed E-state index contributed by atoms with van der Waals surface area (Å²) in [6.45, 7) is 7.42. The van der Waals surface area contributed by atoms with Crippen LogP contribution in [0.2, 0.25) is 0 Å². The predicted molar refractivity (Wildman–Crippen MR) is 115 cm³/mol. The number of nitrogens with one attached hydrogen (secondary N) is 1. The molecule has 8 nitrogen and oxygen atoms in total. The first-order valence-electron chi connectivity index (χ1n) is 9.47. The highest BCUT2D eigenvalue weighted by atomic mass is 32.2. The summed E-state index contributed by atoms with van der Waals surface area (Å²) in [6, 6.07) is 9.53. The molecule has 0 heterocycles. The van der Waals surface area contributed by atoms with Crippen molar-refractivity contribution in [1.29, 1.82) is 0 Å². The van der Waals surface area contributed by atoms with Crippen LogP contribution >= 0.6 is 0 Å². The fourth-order valence-corrected chi connectivity index (χ4v) is 5.36. The smallest absolute Gasteiger partial charge is 0.262 e. The standard InChI is InChI=1S/C20H26N2O6S2/c1-5-22(6-2)30(26,27)18-12-13-20(28-7-3)19(14-18)21-29(24,25)17-10-8-16(9-11-17)15(4)23/h8-14,21H,5-7H2,1-4H3. The fourth-order valence-electron chi connectivity index (χ4n) is 2.82. The Morgan fingerprint density at radius 2 is 1.50 bits per heavy atom. The molecule has 0 bridgehead atoms. The van der Waals surface area contributed by atoms with Crippen LogP contribution in [0.3, 0.4) is 0 Å². The Bertz CT molecular complexity index is 1110. The number of Topliss-reactive ketones (excluding diaryl/α,β-unsaturated/α-hetero) is 1. The molecule has 10 heteroatoms. The monoisotopic (exact) mass is 454 g/mol. The maximum atomic E-state index is 12.8. The van der Waals surface area contributed by atoms with Gasteiger partial charge in [-0.1, -0.05) is 26.0 Å². The van der Waals surface area contributed by atoms with Gasteiger partial charge in [-0.2, -0.15) is 4.31 Å². The Labute approximate surface area is 178 Å². The van der Waals surface area contributed by atoms with Crippen LogP contribution < -0.4 is 9.46 Å². The summed E-state index contributed by atoms with van der Waals surface area (Å²) in [5, 5.41) is 0. The number of carbonyl (C=O) groups excluding carboxylic acids is 1. The van der Waals surface area contributed by atoms with Crippen molar-refractivity contribution < 1.29 is 26.4 Å². The summed E-state index contributed by atoms with van der Waals surface area (Å²) >= 11 is 0. The lowest BCUT2D eigenvalue weighted by Crippen LogP contribution is -2.30. The van der Waals surface area contributed by atoms with Crippen molar-refractivity contribution >= 4 is 31.5 Å². The fraction of sp³-hybridized carbons (Fsp3) is 0.350. The zero-order valence-corrected chi connectivity index (χ0v) is 19.0. The van der Waals surface area contributed by atoms with E-state index in [2.05, 4.69) is 4.72 Å². The van der Waals surface area contributed by atoms with Crippen LogP contribution in [-0.4, -0.2) is 46.6 Å². The first-order chi connectivity index (χ1) is 14.1. The van der Waals surface area contributed by atoms with Gasteiger partial charge in [-0.05, 0) is 44.2 Å². The molecule has 164 valence electrons. The summed E-state index contributed by atoms with van der Waals surface area (Å²) in [5.74, 6) is 0.0276. The van der Waals surface area contributed by atoms with E-state index in [1.54, 1.807) is 20.8 Å². The molecule has 0 saturated carbocycles. The Morgan fingerprint density at radius 1 is 0.933 bits per heavy atom. The highest BCUT2D eigenvalue weighted by Crippen LogP contribution is 2.31. The second-order valence-corrected chi connectivity index (χ2v) is 9.99. The Balaban J connectivity index is 2.49. The van der Waals surface area contributed by atoms with Crippen LogP contribution in [-0.2, 0) is 20.0 Å². The SMILES string of the molecule is CCOc1ccc(S(=O)(=O)N(CC)CC)cc1NS(=O)(=O)c1ccc(C(C)=O)cc1. The molecule has 2 aromatic rings. The van der Waals surface area contributed by atoms with Crippen molar-refractivity contribution in [2.75, 3.05) is 24.4 Å². The molecule has 0 aliphatic heterocycles. The highest BCUT2D eigenvalue weighted by Gasteiger charge is 2.24. The van der Waals surface area contributed by atoms with E-state index in [9.17, 15) is 21.6 Å². The van der Waals surface area contributed by atoms with Gasteiger partial charge in [-0.3, -0.25) is 9.52 Å². The van der Waals surface area contributed by atoms with E-state index in [4.69, 9.17) is 4.74 Å². The van der Waals surface area contributed by atoms with Crippen molar-refractivity contribution in [3.8, 4) is 5.75 Å². The van der Waals surface area contributed by atoms with E-state index >= 15 is 0 Å². The van der Waals surface area contributed by atoms with Gasteiger partial charge in [0, 0.05) is 18.7 Å². The molecular weight excluding hydrogens is 428 g/mol. The zero-order valence-electron chi connectivity index (χ0n) is 17.4. The van der Waals surface area contributed by atoms with E-state index in [1.807, 2.05) is 0 Å². The number of hydrogen-bond acceptors (Lipinski definition) is 6. The van der Waals surface area contributed by atoms with Crippen molar-refractivity contribution in [2.45, 2.75) is 37.5 Å². The second kappa shape index (κ2) is 9.59. The van der Waals surface area contributed by atoms with Crippen LogP contribution in [0.25, 0.3) is 0 Å². The summed E-state index contributed by atoms with van der Waals surface area (Å²) < 4.78 is 60.5. The highest BCUT2D eigenvalue weighted by molar-refractivity contribution is 7.92. The number of nitrogens with zero attached hydrogens (tertiary/aromatic N) is 1. The summed E-state index contributed by atoms with van der Waals surface area (Å²) in [5.41, 5.74) is 0.400. The van der Waals surface area contributed by atoms with Gasteiger partial charge in [0.05, 0.1) is 22.1 Å². The van der Waals surface area contributed by atoms with Gasteiger partial charge in [0.25, 0.3) is 10.0 Å². The molecular formula is C20H26N2O6S2. The van der Waals surface area contributed by atoms with Crippen molar-refractivity contribution in [1.82, 2.24) is 4.31 Å². The summed E-state index contributed by atoms with van der Waals surface area (Å²) in [4.78, 5) is 11.3. The van der Waals surface area contributed by atoms with E-state index in [0.717, 1.165) is 0 Å². The van der Waals surface area contributed by atoms with Gasteiger partial charge >= 0.3 is 0 Å². The Kier molecular flexibility index (Phi) is 7.62. The molecule has 2 rings (SSSR count). The lowest BCUT2D eigenvalue weighted by Gasteiger charge is -2.20. The van der Waals surface area contributed by atoms with Gasteiger partial charge in [0.15, 0.2) is 5.78 Å². The molecule has 2 aromatic carbocycles. The minimum atomic E-state index is -4.04. The molecule has 0 aliphatic carbocycles. The van der Waals surface area contributed by atoms with Crippen LogP contribution in [0, 0.1) is 0 Å². The third-order valence-electron chi connectivity index (χ3n) is 4.41. The van der Waals surface area contributed by atoms with Crippen LogP contribution in [0.4, 0.5) is 5.69 Å². The maximum Gasteiger partial charge on any atom is 0.262 e. The number of hydrogen-bond donors (Lipinski definition) is 1. The summed E-state index contributed by atoms with van der Waals surface area (Å²) in [6.07, 6.45) is 0. The molecule has 0 unspecified atom stereocenters. The van der Waals surface area contributed by atoms with E-state index in [-0.39, 0.29) is 46.7 Å². The second-order valence-electron chi connectivity index (χ2n) is 6.37. The minimum absolute atomic E-state index is 0.0146. The number of anilines is 1. The Hall–Kier alpha value is -2.43. The molecule has 0 fully saturated rings. The maximum absolute atomic E-state index is 12.8. The average molecular weight is 455 g/mol. The lowest BCUT2D eigenvalue weighted by atomic mass is 10.2. The molecule has 30 heavy (non-hydrogen) atoms. The minimum Gasteiger partial charge on any atom is -0.492 e. The quantitative estimate of drug-likeness (QED) is 0.553. The molecule has 0 spiro atoms. The third kappa shape index (κ3) is 5.18. The van der Waals surface area contributed by atoms with E-state index in [1.165, 1.54) is 53.7 Å². The lowest BCUT2D eigenvalue weighted by molar-refractivity contribution is 0.101. The number of benzene rings is 2. The van der Waals surface area contributed by atoms with Crippen LogP contribution in [0.1, 0.15) is 38.1 Å². The average Bonchev–Trinajstić information content (AvgIpc) is 2.70. The van der Waals surface area contributed by atoms with E-state index in [0.29, 0.717) is 5.56 Å². The number of sulfonamides is 2. The van der Waals surface area contributed by atoms with Gasteiger partial charge in [0.2, 0.25) is 10.0 Å². The molecule has 1 N–H and O–H groups in total. The molecule has 0 aliphatic rings. The largest absolute Gasteiger partial charge is 0.492 e. The van der Waals surface area contributed by atoms with Crippen LogP contribution in [0.15, 0.2) is 52.3 Å². The number of carbonyl (C=O) groups is 1. The molecule has 0 saturated heterocycles. The van der Waals surface area contributed by atoms with Crippen molar-refractivity contribution in [3.63, 3.8) is 0 Å². The first-order valence-corrected chi connectivity index (χ1v) is 12.4. The van der Waals surface area contributed by atoms with Gasteiger partial charge in [-0.15, -0.1) is 0 Å². The van der Waals surface area contributed by atoms with Crippen molar-refractivity contribution in [2.24, 2.45) is 0 Å². The van der Waals surface area contributed by atoms with Gasteiger partial charge in [0.1, 0.15) is 5.75 Å². The molecule has 0 atom stereocenters. The third-order valence-corrected chi connectivity index (χ3v) is 7.84. The topological polar surface area (TPSA) is 110 Å². The zero-order chi connectivity index (χ0) is 22.5. The Morgan fingerprint density at radius 3 is 2.00 bits per heavy atom. The summed E-state index contributed by atoms with van der Waals surface area (Å²) in [7, 11) is -7.83. The van der Waals surface area contributed by atoms with E-state index < -0.39 is 20.0 Å². The normalized spacial score (nSPS) is 12.0. The molecule has 0 amide bonds. The van der Waals surface area contributed by atoms with Crippen molar-refractivity contribution in [3.05, 3.63) is 48.0 Å². The predicted octanol–water partition coefficient (Wildman–Crippen LogP) is 3.12. The molecule has 0 radical (unpaired) electrons. The van der Waals surface area contributed by atoms with Gasteiger partial charge in [-0.25, -0.2) is 16.8 Å². The van der Waals surface area contributed by atoms with Crippen LogP contribution in [0.5, 0.6) is 5.75 Å². The van der Waals surface area contributed by atoms with Gasteiger partial charge < -0.3 is 4.74 Å². The number of rotatable bonds is 10. The first kappa shape index (κ1) is 23.8. The number of ketones is 1. The number of ether oxygens (including phenoxy) is 1. The molecule has 0 aromatic heterocycles.